The number of nitrogens with one attached hydrogen (secondary N) is 1. The lowest BCUT2D eigenvalue weighted by Gasteiger charge is -2.26. The summed E-state index contributed by atoms with van der Waals surface area (Å²) < 4.78 is 0. The molecular weight excluding hydrogens is 266 g/mol. The highest BCUT2D eigenvalue weighted by atomic mass is 15.4. The summed E-state index contributed by atoms with van der Waals surface area (Å²) in [5.74, 6) is 2.05. The number of hydrogen-bond acceptors (Lipinski definition) is 7. The summed E-state index contributed by atoms with van der Waals surface area (Å²) in [5.41, 5.74) is 0. The molecule has 0 aliphatic carbocycles. The molecule has 0 bridgehead atoms. The van der Waals surface area contributed by atoms with Crippen molar-refractivity contribution in [3.63, 3.8) is 0 Å². The molecule has 0 spiro atoms. The maximum absolute atomic E-state index is 4.55. The van der Waals surface area contributed by atoms with Crippen LogP contribution in [0.3, 0.4) is 0 Å². The molecule has 0 amide bonds. The smallest absolute Gasteiger partial charge is 0.231 e. The highest BCUT2D eigenvalue weighted by Gasteiger charge is 2.23. The van der Waals surface area contributed by atoms with Gasteiger partial charge < -0.3 is 20.0 Å². The average molecular weight is 293 g/mol. The molecule has 1 atom stereocenters. The third-order valence-electron chi connectivity index (χ3n) is 3.84. The minimum atomic E-state index is 0.581. The molecule has 0 radical (unpaired) electrons. The Labute approximate surface area is 127 Å². The lowest BCUT2D eigenvalue weighted by Crippen LogP contribution is -2.37. The fourth-order valence-corrected chi connectivity index (χ4v) is 2.57. The third kappa shape index (κ3) is 3.93. The van der Waals surface area contributed by atoms with E-state index in [9.17, 15) is 0 Å². The van der Waals surface area contributed by atoms with Crippen LogP contribution in [0.4, 0.5) is 17.8 Å². The molecule has 1 aromatic rings. The molecule has 1 N–H and O–H groups in total. The molecular formula is C14H27N7. The highest BCUT2D eigenvalue weighted by Crippen LogP contribution is 2.19. The predicted octanol–water partition coefficient (Wildman–Crippen LogP) is 0.900. The van der Waals surface area contributed by atoms with E-state index < -0.39 is 0 Å². The van der Waals surface area contributed by atoms with Crippen LogP contribution in [0, 0.1) is 0 Å². The zero-order valence-electron chi connectivity index (χ0n) is 13.8. The second kappa shape index (κ2) is 6.89. The number of hydrogen-bond donors (Lipinski definition) is 1. The first-order valence-corrected chi connectivity index (χ1v) is 7.60. The summed E-state index contributed by atoms with van der Waals surface area (Å²) in [6.45, 7) is 4.96. The molecule has 118 valence electrons. The van der Waals surface area contributed by atoms with E-state index in [4.69, 9.17) is 0 Å². The standard InChI is InChI=1S/C14H27N7/c1-6-15-12-16-13(19(2)3)18-14(17-12)21(5)10-11-8-7-9-20(11)4/h11H,6-10H2,1-5H3,(H,15,16,17,18). The zero-order valence-corrected chi connectivity index (χ0v) is 13.8. The molecule has 7 nitrogen and oxygen atoms in total. The maximum atomic E-state index is 4.55. The van der Waals surface area contributed by atoms with Crippen LogP contribution >= 0.6 is 0 Å². The zero-order chi connectivity index (χ0) is 15.4. The van der Waals surface area contributed by atoms with Crippen LogP contribution in [0.1, 0.15) is 19.8 Å². The van der Waals surface area contributed by atoms with Crippen molar-refractivity contribution in [2.24, 2.45) is 0 Å². The average Bonchev–Trinajstić information content (AvgIpc) is 2.84. The highest BCUT2D eigenvalue weighted by molar-refractivity contribution is 5.44. The minimum Gasteiger partial charge on any atom is -0.354 e. The van der Waals surface area contributed by atoms with Crippen molar-refractivity contribution in [2.45, 2.75) is 25.8 Å². The first-order valence-electron chi connectivity index (χ1n) is 7.60. The van der Waals surface area contributed by atoms with Crippen molar-refractivity contribution in [3.8, 4) is 0 Å². The van der Waals surface area contributed by atoms with Gasteiger partial charge in [0, 0.05) is 40.3 Å². The molecule has 2 heterocycles. The van der Waals surface area contributed by atoms with Crippen LogP contribution in [0.15, 0.2) is 0 Å². The van der Waals surface area contributed by atoms with Gasteiger partial charge in [-0.2, -0.15) is 15.0 Å². The van der Waals surface area contributed by atoms with E-state index in [2.05, 4.69) is 44.2 Å². The molecule has 1 fully saturated rings. The molecule has 21 heavy (non-hydrogen) atoms. The summed E-state index contributed by atoms with van der Waals surface area (Å²) in [6, 6.07) is 0.581. The molecule has 7 heteroatoms. The van der Waals surface area contributed by atoms with Gasteiger partial charge in [0.05, 0.1) is 0 Å². The van der Waals surface area contributed by atoms with Gasteiger partial charge in [-0.05, 0) is 33.4 Å². The van der Waals surface area contributed by atoms with Crippen LogP contribution in [0.25, 0.3) is 0 Å². The van der Waals surface area contributed by atoms with E-state index in [0.717, 1.165) is 19.0 Å². The lowest BCUT2D eigenvalue weighted by molar-refractivity contribution is 0.313. The number of rotatable bonds is 6. The monoisotopic (exact) mass is 293 g/mol. The SMILES string of the molecule is CCNc1nc(N(C)C)nc(N(C)CC2CCCN2C)n1. The molecule has 1 aliphatic rings. The van der Waals surface area contributed by atoms with Gasteiger partial charge in [0.15, 0.2) is 0 Å². The van der Waals surface area contributed by atoms with Gasteiger partial charge in [0.2, 0.25) is 17.8 Å². The van der Waals surface area contributed by atoms with Gasteiger partial charge >= 0.3 is 0 Å². The molecule has 1 aromatic heterocycles. The topological polar surface area (TPSA) is 60.4 Å². The minimum absolute atomic E-state index is 0.581. The summed E-state index contributed by atoms with van der Waals surface area (Å²) >= 11 is 0. The van der Waals surface area contributed by atoms with Crippen molar-refractivity contribution in [2.75, 3.05) is 62.9 Å². The van der Waals surface area contributed by atoms with Gasteiger partial charge in [-0.3, -0.25) is 0 Å². The van der Waals surface area contributed by atoms with Gasteiger partial charge in [-0.15, -0.1) is 0 Å². The van der Waals surface area contributed by atoms with Crippen LogP contribution in [-0.2, 0) is 0 Å². The largest absolute Gasteiger partial charge is 0.354 e. The van der Waals surface area contributed by atoms with E-state index in [1.165, 1.54) is 19.4 Å². The summed E-state index contributed by atoms with van der Waals surface area (Å²) in [6.07, 6.45) is 2.52. The summed E-state index contributed by atoms with van der Waals surface area (Å²) in [7, 11) is 8.13. The second-order valence-electron chi connectivity index (χ2n) is 5.84. The summed E-state index contributed by atoms with van der Waals surface area (Å²) in [4.78, 5) is 19.9. The molecule has 2 rings (SSSR count). The molecule has 1 aliphatic heterocycles. The Balaban J connectivity index is 2.16. The molecule has 1 saturated heterocycles. The Morgan fingerprint density at radius 2 is 1.90 bits per heavy atom. The number of anilines is 3. The van der Waals surface area contributed by atoms with Crippen molar-refractivity contribution in [1.82, 2.24) is 19.9 Å². The van der Waals surface area contributed by atoms with E-state index in [0.29, 0.717) is 17.9 Å². The van der Waals surface area contributed by atoms with E-state index >= 15 is 0 Å². The third-order valence-corrected chi connectivity index (χ3v) is 3.84. The first kappa shape index (κ1) is 15.8. The van der Waals surface area contributed by atoms with Gasteiger partial charge in [-0.25, -0.2) is 0 Å². The summed E-state index contributed by atoms with van der Waals surface area (Å²) in [5, 5.41) is 3.17. The molecule has 0 saturated carbocycles. The number of aromatic nitrogens is 3. The Hall–Kier alpha value is -1.63. The number of likely N-dealkylation sites (tertiary alicyclic amines) is 1. The Kier molecular flexibility index (Phi) is 5.17. The predicted molar refractivity (Wildman–Crippen MR) is 87.2 cm³/mol. The van der Waals surface area contributed by atoms with Crippen LogP contribution in [0.5, 0.6) is 0 Å². The van der Waals surface area contributed by atoms with Crippen molar-refractivity contribution in [3.05, 3.63) is 0 Å². The number of nitrogens with zero attached hydrogens (tertiary/aromatic N) is 6. The normalized spacial score (nSPS) is 18.8. The van der Waals surface area contributed by atoms with E-state index in [1.54, 1.807) is 0 Å². The lowest BCUT2D eigenvalue weighted by atomic mass is 10.2. The van der Waals surface area contributed by atoms with E-state index in [1.807, 2.05) is 25.9 Å². The van der Waals surface area contributed by atoms with Gasteiger partial charge in [0.1, 0.15) is 0 Å². The van der Waals surface area contributed by atoms with Gasteiger partial charge in [0.25, 0.3) is 0 Å². The van der Waals surface area contributed by atoms with Crippen molar-refractivity contribution in [1.29, 1.82) is 0 Å². The van der Waals surface area contributed by atoms with Crippen molar-refractivity contribution < 1.29 is 0 Å². The fraction of sp³-hybridized carbons (Fsp3) is 0.786. The van der Waals surface area contributed by atoms with Gasteiger partial charge in [-0.1, -0.05) is 0 Å². The molecule has 0 aromatic carbocycles. The van der Waals surface area contributed by atoms with Crippen molar-refractivity contribution >= 4 is 17.8 Å². The second-order valence-corrected chi connectivity index (χ2v) is 5.84. The molecule has 1 unspecified atom stereocenters. The Bertz CT molecular complexity index is 463. The fourth-order valence-electron chi connectivity index (χ4n) is 2.57. The first-order chi connectivity index (χ1) is 10.0. The van der Waals surface area contributed by atoms with Crippen LogP contribution < -0.4 is 15.1 Å². The van der Waals surface area contributed by atoms with E-state index in [-0.39, 0.29) is 0 Å². The Morgan fingerprint density at radius 1 is 1.19 bits per heavy atom. The Morgan fingerprint density at radius 3 is 2.48 bits per heavy atom. The number of likely N-dealkylation sites (N-methyl/N-ethyl adjacent to an activating group) is 2. The quantitative estimate of drug-likeness (QED) is 0.836. The van der Waals surface area contributed by atoms with Crippen LogP contribution in [0.2, 0.25) is 0 Å². The maximum Gasteiger partial charge on any atom is 0.231 e. The van der Waals surface area contributed by atoms with Crippen LogP contribution in [-0.4, -0.2) is 73.7 Å².